The van der Waals surface area contributed by atoms with Crippen molar-refractivity contribution in [2.75, 3.05) is 52.4 Å². The molecule has 2 rings (SSSR count). The molecule has 0 unspecified atom stereocenters. The van der Waals surface area contributed by atoms with Crippen molar-refractivity contribution in [1.29, 1.82) is 0 Å². The zero-order valence-electron chi connectivity index (χ0n) is 20.3. The first-order valence-corrected chi connectivity index (χ1v) is 11.9. The van der Waals surface area contributed by atoms with Crippen molar-refractivity contribution < 1.29 is 9.80 Å². The monoisotopic (exact) mass is 434 g/mol. The molecule has 4 nitrogen and oxygen atoms in total. The number of rotatable bonds is 15. The Labute approximate surface area is 206 Å². The first-order valence-electron chi connectivity index (χ1n) is 11.9. The van der Waals surface area contributed by atoms with Crippen LogP contribution < -0.4 is 9.80 Å². The second-order valence-corrected chi connectivity index (χ2v) is 7.94. The number of nitrogens with zero attached hydrogens (tertiary/aromatic N) is 2. The van der Waals surface area contributed by atoms with Gasteiger partial charge in [0.1, 0.15) is 0 Å². The number of hydrogen-bond acceptors (Lipinski definition) is 0. The molecule has 2 N–H and O–H groups in total. The van der Waals surface area contributed by atoms with Gasteiger partial charge in [0, 0.05) is 0 Å². The quantitative estimate of drug-likeness (QED) is 0.404. The van der Waals surface area contributed by atoms with Crippen LogP contribution in [-0.2, 0) is 12.8 Å². The molecule has 166 valence electrons. The van der Waals surface area contributed by atoms with Gasteiger partial charge in [-0.25, -0.2) is 0 Å². The molecule has 0 amide bonds. The fraction of sp³-hybridized carbons (Fsp3) is 0.538. The molecule has 0 aliphatic heterocycles. The minimum Gasteiger partial charge on any atom is -0.680 e. The maximum Gasteiger partial charge on any atom is 2.00 e. The Kier molecular flexibility index (Phi) is 14.7. The van der Waals surface area contributed by atoms with E-state index in [1.165, 1.54) is 37.3 Å². The average Bonchev–Trinajstić information content (AvgIpc) is 2.79. The molecule has 0 radical (unpaired) electrons. The summed E-state index contributed by atoms with van der Waals surface area (Å²) in [5, 5.41) is 9.83. The third kappa shape index (κ3) is 9.81. The van der Waals surface area contributed by atoms with Crippen molar-refractivity contribution in [3.8, 4) is 0 Å². The Morgan fingerprint density at radius 1 is 0.581 bits per heavy atom. The van der Waals surface area contributed by atoms with Crippen molar-refractivity contribution in [2.24, 2.45) is 0 Å². The van der Waals surface area contributed by atoms with Crippen LogP contribution >= 0.6 is 0 Å². The fourth-order valence-corrected chi connectivity index (χ4v) is 3.90. The van der Waals surface area contributed by atoms with Crippen molar-refractivity contribution in [3.05, 3.63) is 70.3 Å². The summed E-state index contributed by atoms with van der Waals surface area (Å²) >= 11 is 0. The van der Waals surface area contributed by atoms with Gasteiger partial charge in [-0.05, 0) is 40.5 Å². The van der Waals surface area contributed by atoms with Crippen LogP contribution in [0, 0.1) is 0 Å². The van der Waals surface area contributed by atoms with Crippen LogP contribution in [0.5, 0.6) is 0 Å². The number of quaternary nitrogens is 2. The molecule has 0 aromatic heterocycles. The molecule has 0 saturated carbocycles. The SMILES string of the molecule is CC[NH+](CC)CC[N-]c1ccccc1CCc1ccccc1[N-]CC[NH+](CC)CC.[Mg+2]. The number of para-hydroxylation sites is 2. The van der Waals surface area contributed by atoms with E-state index in [4.69, 9.17) is 10.6 Å². The van der Waals surface area contributed by atoms with Gasteiger partial charge in [-0.1, -0.05) is 72.7 Å². The molecule has 0 atom stereocenters. The van der Waals surface area contributed by atoms with Crippen LogP contribution in [0.1, 0.15) is 38.8 Å². The molecular weight excluding hydrogens is 393 g/mol. The van der Waals surface area contributed by atoms with Crippen molar-refractivity contribution >= 4 is 34.4 Å². The molecule has 0 saturated heterocycles. The van der Waals surface area contributed by atoms with Gasteiger partial charge in [0.15, 0.2) is 0 Å². The van der Waals surface area contributed by atoms with Crippen LogP contribution in [0.3, 0.4) is 0 Å². The van der Waals surface area contributed by atoms with E-state index in [0.29, 0.717) is 0 Å². The van der Waals surface area contributed by atoms with Crippen molar-refractivity contribution in [3.63, 3.8) is 0 Å². The number of aryl methyl sites for hydroxylation is 2. The van der Waals surface area contributed by atoms with Gasteiger partial charge in [-0.3, -0.25) is 0 Å². The van der Waals surface area contributed by atoms with E-state index in [-0.39, 0.29) is 23.1 Å². The van der Waals surface area contributed by atoms with Crippen molar-refractivity contribution in [1.82, 2.24) is 0 Å². The van der Waals surface area contributed by atoms with Gasteiger partial charge in [0.05, 0.1) is 39.3 Å². The summed E-state index contributed by atoms with van der Waals surface area (Å²) in [6.07, 6.45) is 2.01. The van der Waals surface area contributed by atoms with Crippen LogP contribution in [-0.4, -0.2) is 75.4 Å². The Hall–Kier alpha value is -1.27. The largest absolute Gasteiger partial charge is 2.00 e. The van der Waals surface area contributed by atoms with Gasteiger partial charge in [0.2, 0.25) is 0 Å². The molecule has 5 heteroatoms. The molecular formula is C26H42MgN4+2. The molecule has 0 fully saturated rings. The van der Waals surface area contributed by atoms with E-state index in [9.17, 15) is 0 Å². The third-order valence-corrected chi connectivity index (χ3v) is 6.14. The number of benzene rings is 2. The number of nitrogens with one attached hydrogen (secondary N) is 2. The van der Waals surface area contributed by atoms with Gasteiger partial charge < -0.3 is 20.4 Å². The molecule has 0 bridgehead atoms. The predicted octanol–water partition coefficient (Wildman–Crippen LogP) is 2.95. The molecule has 2 aromatic carbocycles. The maximum absolute atomic E-state index is 4.92. The molecule has 31 heavy (non-hydrogen) atoms. The summed E-state index contributed by atoms with van der Waals surface area (Å²) in [7, 11) is 0. The minimum absolute atomic E-state index is 0. The third-order valence-electron chi connectivity index (χ3n) is 6.14. The Morgan fingerprint density at radius 2 is 0.935 bits per heavy atom. The summed E-state index contributed by atoms with van der Waals surface area (Å²) in [5.74, 6) is 0. The van der Waals surface area contributed by atoms with Crippen LogP contribution in [0.25, 0.3) is 10.6 Å². The summed E-state index contributed by atoms with van der Waals surface area (Å²) < 4.78 is 0. The summed E-state index contributed by atoms with van der Waals surface area (Å²) in [4.78, 5) is 3.22. The van der Waals surface area contributed by atoms with E-state index in [1.54, 1.807) is 9.80 Å². The van der Waals surface area contributed by atoms with E-state index in [2.05, 4.69) is 76.2 Å². The Balaban J connectivity index is 0.00000480. The summed E-state index contributed by atoms with van der Waals surface area (Å²) in [6.45, 7) is 17.7. The number of hydrogen-bond donors (Lipinski definition) is 2. The van der Waals surface area contributed by atoms with E-state index in [1.807, 2.05) is 0 Å². The topological polar surface area (TPSA) is 37.1 Å². The standard InChI is InChI=1S/C26H40N4.Mg/c1-5-29(6-2)21-19-27-25-15-11-9-13-23(25)17-18-24-14-10-12-16-26(24)28-20-22-30(7-3)8-4;/h9-16H,5-8,17-22H2,1-4H3;/q-2;+2/p+2. The second kappa shape index (κ2) is 16.4. The first-order chi connectivity index (χ1) is 14.7. The molecule has 0 spiro atoms. The Bertz CT molecular complexity index is 653. The van der Waals surface area contributed by atoms with Gasteiger partial charge in [-0.15, -0.1) is 11.4 Å². The molecule has 0 aliphatic rings. The molecule has 2 aromatic rings. The van der Waals surface area contributed by atoms with Gasteiger partial charge >= 0.3 is 23.1 Å². The van der Waals surface area contributed by atoms with Crippen LogP contribution in [0.15, 0.2) is 48.5 Å². The first kappa shape index (κ1) is 27.8. The fourth-order valence-electron chi connectivity index (χ4n) is 3.90. The molecule has 0 aliphatic carbocycles. The summed E-state index contributed by atoms with van der Waals surface area (Å²) in [6, 6.07) is 17.3. The Morgan fingerprint density at radius 3 is 1.29 bits per heavy atom. The minimum atomic E-state index is 0. The van der Waals surface area contributed by atoms with Gasteiger partial charge in [-0.2, -0.15) is 0 Å². The number of likely N-dealkylation sites (N-methyl/N-ethyl adjacent to an activating group) is 2. The van der Waals surface area contributed by atoms with E-state index >= 15 is 0 Å². The van der Waals surface area contributed by atoms with E-state index in [0.717, 1.165) is 50.4 Å². The molecule has 0 heterocycles. The average molecular weight is 435 g/mol. The van der Waals surface area contributed by atoms with Crippen molar-refractivity contribution in [2.45, 2.75) is 40.5 Å². The maximum atomic E-state index is 4.92. The predicted molar refractivity (Wildman–Crippen MR) is 136 cm³/mol. The summed E-state index contributed by atoms with van der Waals surface area (Å²) in [5.41, 5.74) is 5.00. The smallest absolute Gasteiger partial charge is 0.680 e. The van der Waals surface area contributed by atoms with Gasteiger partial charge in [0.25, 0.3) is 0 Å². The normalized spacial score (nSPS) is 10.9. The second-order valence-electron chi connectivity index (χ2n) is 7.94. The van der Waals surface area contributed by atoms with Crippen LogP contribution in [0.4, 0.5) is 11.4 Å². The van der Waals surface area contributed by atoms with E-state index < -0.39 is 0 Å². The van der Waals surface area contributed by atoms with Crippen LogP contribution in [0.2, 0.25) is 0 Å². The zero-order chi connectivity index (χ0) is 21.6. The zero-order valence-corrected chi connectivity index (χ0v) is 21.7.